The minimum Gasteiger partial charge on any atom is -0.390 e. The van der Waals surface area contributed by atoms with Gasteiger partial charge in [-0.25, -0.2) is 15.5 Å². The first kappa shape index (κ1) is 19.7. The Labute approximate surface area is 167 Å². The van der Waals surface area contributed by atoms with Crippen molar-refractivity contribution in [3.8, 4) is 11.3 Å². The van der Waals surface area contributed by atoms with Crippen LogP contribution in [0.5, 0.6) is 0 Å². The monoisotopic (exact) mass is 397 g/mol. The predicted octanol–water partition coefficient (Wildman–Crippen LogP) is 4.10. The van der Waals surface area contributed by atoms with Crippen LogP contribution in [0.2, 0.25) is 0 Å². The van der Waals surface area contributed by atoms with Gasteiger partial charge in [0, 0.05) is 42.0 Å². The summed E-state index contributed by atoms with van der Waals surface area (Å²) in [6.07, 6.45) is 8.94. The Balaban J connectivity index is 1.75. The fourth-order valence-electron chi connectivity index (χ4n) is 2.49. The summed E-state index contributed by atoms with van der Waals surface area (Å²) in [5.74, 6) is 0.657. The van der Waals surface area contributed by atoms with Crippen molar-refractivity contribution in [1.82, 2.24) is 25.1 Å². The topological polar surface area (TPSA) is 128 Å². The second kappa shape index (κ2) is 8.79. The van der Waals surface area contributed by atoms with Crippen LogP contribution >= 0.6 is 11.8 Å². The number of nitrogens with zero attached hydrogens (tertiary/aromatic N) is 5. The highest BCUT2D eigenvalue weighted by Gasteiger charge is 2.17. The smallest absolute Gasteiger partial charge is 0.216 e. The van der Waals surface area contributed by atoms with Crippen LogP contribution in [-0.2, 0) is 0 Å². The molecule has 28 heavy (non-hydrogen) atoms. The van der Waals surface area contributed by atoms with Gasteiger partial charge >= 0.3 is 0 Å². The van der Waals surface area contributed by atoms with Gasteiger partial charge in [-0.2, -0.15) is 5.10 Å². The first-order valence-corrected chi connectivity index (χ1v) is 9.77. The Hall–Kier alpha value is -3.01. The van der Waals surface area contributed by atoms with Crippen LogP contribution in [0.25, 0.3) is 11.3 Å². The summed E-state index contributed by atoms with van der Waals surface area (Å²) in [6, 6.07) is 0.257. The van der Waals surface area contributed by atoms with Crippen molar-refractivity contribution < 1.29 is 0 Å². The van der Waals surface area contributed by atoms with Crippen LogP contribution in [0, 0.1) is 10.9 Å². The molecule has 1 aliphatic rings. The highest BCUT2D eigenvalue weighted by Crippen LogP contribution is 2.34. The molecular formula is C18H23N9S. The molecule has 0 bridgehead atoms. The Bertz CT molecular complexity index is 942. The van der Waals surface area contributed by atoms with Crippen molar-refractivity contribution in [1.29, 1.82) is 10.9 Å². The van der Waals surface area contributed by atoms with Gasteiger partial charge in [-0.15, -0.1) is 5.11 Å². The maximum absolute atomic E-state index is 8.04. The van der Waals surface area contributed by atoms with Gasteiger partial charge < -0.3 is 10.6 Å². The van der Waals surface area contributed by atoms with Crippen LogP contribution in [0.4, 0.5) is 11.6 Å². The zero-order valence-corrected chi connectivity index (χ0v) is 16.8. The largest absolute Gasteiger partial charge is 0.390 e. The summed E-state index contributed by atoms with van der Waals surface area (Å²) < 4.78 is 1.86. The van der Waals surface area contributed by atoms with E-state index in [2.05, 4.69) is 44.7 Å². The average Bonchev–Trinajstić information content (AvgIpc) is 3.31. The molecule has 3 rings (SSSR count). The number of aromatic nitrogens is 4. The molecule has 2 aromatic heterocycles. The molecule has 1 aliphatic heterocycles. The maximum Gasteiger partial charge on any atom is 0.216 e. The van der Waals surface area contributed by atoms with Crippen LogP contribution in [0.15, 0.2) is 45.8 Å². The Morgan fingerprint density at radius 1 is 1.36 bits per heavy atom. The van der Waals surface area contributed by atoms with Gasteiger partial charge in [0.15, 0.2) is 5.82 Å². The highest BCUT2D eigenvalue weighted by molar-refractivity contribution is 8.08. The van der Waals surface area contributed by atoms with Gasteiger partial charge in [0.2, 0.25) is 5.82 Å². The van der Waals surface area contributed by atoms with Crippen LogP contribution in [-0.4, -0.2) is 38.5 Å². The number of thioether (sulfide) groups is 1. The standard InChI is InChI=1S/C18H23N9S/c1-4-21-9-16-14(19)5-13(28-16)7-22-17-18(26-20)23-8-15(25-17)12-6-24-27(10-12)11(2)3/h5-6,8-11,19-21H,4,7H2,1-3H3,(H,22,25)/b16-9+,19-14?,26-20?. The third-order valence-electron chi connectivity index (χ3n) is 3.96. The molecule has 0 fully saturated rings. The van der Waals surface area contributed by atoms with Gasteiger partial charge in [0.25, 0.3) is 0 Å². The Morgan fingerprint density at radius 2 is 2.18 bits per heavy atom. The van der Waals surface area contributed by atoms with Gasteiger partial charge in [0.1, 0.15) is 0 Å². The average molecular weight is 398 g/mol. The molecule has 9 nitrogen and oxygen atoms in total. The number of nitrogens with one attached hydrogen (secondary N) is 4. The lowest BCUT2D eigenvalue weighted by molar-refractivity contribution is 0.532. The first-order chi connectivity index (χ1) is 13.5. The molecule has 2 aromatic rings. The molecule has 0 unspecified atom stereocenters. The van der Waals surface area contributed by atoms with E-state index in [9.17, 15) is 0 Å². The molecule has 0 spiro atoms. The van der Waals surface area contributed by atoms with Gasteiger partial charge in [-0.1, -0.05) is 11.8 Å². The summed E-state index contributed by atoms with van der Waals surface area (Å²) >= 11 is 1.53. The molecule has 0 radical (unpaired) electrons. The molecule has 0 atom stereocenters. The number of hydrogen-bond donors (Lipinski definition) is 4. The van der Waals surface area contributed by atoms with Gasteiger partial charge in [0.05, 0.1) is 28.7 Å². The SMILES string of the molecule is CCN/C=C1/SC(CNc2nc(-c3cnn(C(C)C)c3)cnc2N=N)=CC1=N. The van der Waals surface area contributed by atoms with E-state index in [1.807, 2.05) is 30.1 Å². The van der Waals surface area contributed by atoms with Gasteiger partial charge in [-0.3, -0.25) is 10.1 Å². The second-order valence-electron chi connectivity index (χ2n) is 6.39. The molecule has 0 saturated heterocycles. The third kappa shape index (κ3) is 4.45. The lowest BCUT2D eigenvalue weighted by Gasteiger charge is -2.09. The Kier molecular flexibility index (Phi) is 6.19. The number of allylic oxidation sites excluding steroid dienone is 2. The van der Waals surface area contributed by atoms with Crippen molar-refractivity contribution in [2.75, 3.05) is 18.4 Å². The van der Waals surface area contributed by atoms with E-state index in [1.165, 1.54) is 11.8 Å². The lowest BCUT2D eigenvalue weighted by Crippen LogP contribution is -2.05. The van der Waals surface area contributed by atoms with E-state index in [0.717, 1.165) is 21.9 Å². The molecule has 3 heterocycles. The normalized spacial score (nSPS) is 15.2. The summed E-state index contributed by atoms with van der Waals surface area (Å²) in [7, 11) is 0. The van der Waals surface area contributed by atoms with Crippen molar-refractivity contribution in [3.63, 3.8) is 0 Å². The quantitative estimate of drug-likeness (QED) is 0.497. The minimum absolute atomic E-state index is 0.224. The zero-order chi connectivity index (χ0) is 20.1. The third-order valence-corrected chi connectivity index (χ3v) is 5.05. The molecular weight excluding hydrogens is 374 g/mol. The minimum atomic E-state index is 0.224. The summed E-state index contributed by atoms with van der Waals surface area (Å²) in [5, 5.41) is 22.1. The van der Waals surface area contributed by atoms with Crippen molar-refractivity contribution in [3.05, 3.63) is 40.7 Å². The molecule has 10 heteroatoms. The summed E-state index contributed by atoms with van der Waals surface area (Å²) in [5.41, 5.74) is 9.34. The highest BCUT2D eigenvalue weighted by atomic mass is 32.2. The Morgan fingerprint density at radius 3 is 2.86 bits per heavy atom. The summed E-state index contributed by atoms with van der Waals surface area (Å²) in [6.45, 7) is 7.41. The first-order valence-electron chi connectivity index (χ1n) is 8.95. The fourth-order valence-corrected chi connectivity index (χ4v) is 3.41. The molecule has 0 amide bonds. The zero-order valence-electron chi connectivity index (χ0n) is 16.0. The van der Waals surface area contributed by atoms with Gasteiger partial charge in [-0.05, 0) is 26.8 Å². The maximum atomic E-state index is 8.04. The van der Waals surface area contributed by atoms with E-state index < -0.39 is 0 Å². The van der Waals surface area contributed by atoms with Crippen molar-refractivity contribution in [2.24, 2.45) is 5.11 Å². The molecule has 0 aliphatic carbocycles. The van der Waals surface area contributed by atoms with E-state index >= 15 is 0 Å². The molecule has 0 aromatic carbocycles. The van der Waals surface area contributed by atoms with E-state index in [-0.39, 0.29) is 11.9 Å². The van der Waals surface area contributed by atoms with Crippen molar-refractivity contribution >= 4 is 29.1 Å². The van der Waals surface area contributed by atoms with Crippen LogP contribution in [0.3, 0.4) is 0 Å². The predicted molar refractivity (Wildman–Crippen MR) is 112 cm³/mol. The van der Waals surface area contributed by atoms with Crippen LogP contribution in [0.1, 0.15) is 26.8 Å². The molecule has 0 saturated carbocycles. The summed E-state index contributed by atoms with van der Waals surface area (Å²) in [4.78, 5) is 10.7. The molecule has 4 N–H and O–H groups in total. The fraction of sp³-hybridized carbons (Fsp3) is 0.333. The van der Waals surface area contributed by atoms with E-state index in [1.54, 1.807) is 12.4 Å². The van der Waals surface area contributed by atoms with E-state index in [4.69, 9.17) is 10.9 Å². The number of rotatable bonds is 8. The lowest BCUT2D eigenvalue weighted by atomic mass is 10.2. The second-order valence-corrected chi connectivity index (χ2v) is 7.56. The van der Waals surface area contributed by atoms with Crippen molar-refractivity contribution in [2.45, 2.75) is 26.8 Å². The van der Waals surface area contributed by atoms with Crippen LogP contribution < -0.4 is 10.6 Å². The molecule has 146 valence electrons. The number of anilines is 1. The van der Waals surface area contributed by atoms with E-state index in [0.29, 0.717) is 23.8 Å². The number of hydrogen-bond acceptors (Lipinski definition) is 9.